The lowest BCUT2D eigenvalue weighted by Crippen LogP contribution is -2.32. The lowest BCUT2D eigenvalue weighted by Gasteiger charge is -2.33. The third-order valence-corrected chi connectivity index (χ3v) is 5.48. The number of hydrogen-bond donors (Lipinski definition) is 1. The number of rotatable bonds is 4. The quantitative estimate of drug-likeness (QED) is 0.678. The van der Waals surface area contributed by atoms with Gasteiger partial charge in [0, 0.05) is 37.2 Å². The van der Waals surface area contributed by atoms with Gasteiger partial charge in [-0.25, -0.2) is 0 Å². The Hall–Kier alpha value is -3.17. The Bertz CT molecular complexity index is 1030. The largest absolute Gasteiger partial charge is 0.416 e. The van der Waals surface area contributed by atoms with E-state index in [-0.39, 0.29) is 11.6 Å². The van der Waals surface area contributed by atoms with Gasteiger partial charge >= 0.3 is 6.18 Å². The second-order valence-electron chi connectivity index (χ2n) is 7.86. The number of pyridine rings is 1. The molecule has 7 nitrogen and oxygen atoms in total. The molecule has 0 aliphatic carbocycles. The van der Waals surface area contributed by atoms with Crippen LogP contribution in [0.25, 0.3) is 0 Å². The molecule has 3 aromatic rings. The summed E-state index contributed by atoms with van der Waals surface area (Å²) in [6.07, 6.45) is 1.22. The molecule has 0 amide bonds. The maximum Gasteiger partial charge on any atom is 0.416 e. The van der Waals surface area contributed by atoms with Crippen LogP contribution in [0, 0.1) is 6.92 Å². The topological polar surface area (TPSA) is 71.8 Å². The molecule has 31 heavy (non-hydrogen) atoms. The van der Waals surface area contributed by atoms with Gasteiger partial charge in [-0.2, -0.15) is 18.0 Å². The Kier molecular flexibility index (Phi) is 5.79. The Morgan fingerprint density at radius 1 is 1.19 bits per heavy atom. The zero-order valence-electron chi connectivity index (χ0n) is 17.4. The van der Waals surface area contributed by atoms with E-state index in [4.69, 9.17) is 0 Å². The Morgan fingerprint density at radius 3 is 2.65 bits per heavy atom. The summed E-state index contributed by atoms with van der Waals surface area (Å²) in [7, 11) is 1.69. The molecule has 0 fully saturated rings. The number of hydrogen-bond acceptors (Lipinski definition) is 6. The summed E-state index contributed by atoms with van der Waals surface area (Å²) in [5.74, 6) is 0.423. The number of fused-ring (bicyclic) bond motifs is 1. The van der Waals surface area contributed by atoms with E-state index in [9.17, 15) is 13.2 Å². The van der Waals surface area contributed by atoms with Crippen molar-refractivity contribution < 1.29 is 13.2 Å². The van der Waals surface area contributed by atoms with E-state index in [1.54, 1.807) is 25.5 Å². The normalized spacial score (nSPS) is 17.1. The van der Waals surface area contributed by atoms with E-state index in [1.165, 1.54) is 17.8 Å². The molecule has 164 valence electrons. The van der Waals surface area contributed by atoms with Crippen molar-refractivity contribution in [2.45, 2.75) is 44.9 Å². The van der Waals surface area contributed by atoms with Crippen LogP contribution in [-0.4, -0.2) is 37.8 Å². The zero-order valence-corrected chi connectivity index (χ0v) is 17.4. The molecule has 2 aromatic heterocycles. The number of nitrogens with zero attached hydrogens (tertiary/aromatic N) is 6. The molecule has 1 aliphatic heterocycles. The van der Waals surface area contributed by atoms with Gasteiger partial charge in [0.05, 0.1) is 12.6 Å². The number of anilines is 2. The predicted molar refractivity (Wildman–Crippen MR) is 111 cm³/mol. The van der Waals surface area contributed by atoms with Crippen molar-refractivity contribution in [2.24, 2.45) is 7.05 Å². The molecule has 0 saturated carbocycles. The Balaban J connectivity index is 1.69. The van der Waals surface area contributed by atoms with Crippen LogP contribution in [0.15, 0.2) is 36.7 Å². The average Bonchev–Trinajstić information content (AvgIpc) is 3.10. The number of nitrogens with one attached hydrogen (secondary N) is 1. The first-order valence-corrected chi connectivity index (χ1v) is 10.1. The highest BCUT2D eigenvalue weighted by atomic mass is 19.4. The fourth-order valence-electron chi connectivity index (χ4n) is 4.06. The highest BCUT2D eigenvalue weighted by molar-refractivity contribution is 5.59. The smallest absolute Gasteiger partial charge is 0.367 e. The summed E-state index contributed by atoms with van der Waals surface area (Å²) in [5, 5.41) is 15.3. The minimum absolute atomic E-state index is 0.00200. The first-order valence-electron chi connectivity index (χ1n) is 10.1. The minimum Gasteiger partial charge on any atom is -0.367 e. The number of alkyl halides is 3. The SMILES string of the molecule is Cc1cc2c(cc1C(F)(F)F)N(Cc1ccncc1)CCCC(Nc1nnn(C)n1)C2. The van der Waals surface area contributed by atoms with Crippen LogP contribution >= 0.6 is 0 Å². The summed E-state index contributed by atoms with van der Waals surface area (Å²) in [6, 6.07) is 6.75. The van der Waals surface area contributed by atoms with E-state index in [2.05, 4.69) is 25.7 Å². The lowest BCUT2D eigenvalue weighted by molar-refractivity contribution is -0.138. The van der Waals surface area contributed by atoms with Crippen molar-refractivity contribution in [3.8, 4) is 0 Å². The van der Waals surface area contributed by atoms with Gasteiger partial charge in [0.2, 0.25) is 0 Å². The van der Waals surface area contributed by atoms with Crippen molar-refractivity contribution >= 4 is 11.6 Å². The molecular formula is C21H24F3N7. The van der Waals surface area contributed by atoms with Crippen molar-refractivity contribution in [3.63, 3.8) is 0 Å². The van der Waals surface area contributed by atoms with Crippen molar-refractivity contribution in [3.05, 3.63) is 58.9 Å². The van der Waals surface area contributed by atoms with Gasteiger partial charge in [0.1, 0.15) is 0 Å². The number of benzene rings is 1. The average molecular weight is 431 g/mol. The molecule has 1 unspecified atom stereocenters. The molecule has 1 aliphatic rings. The summed E-state index contributed by atoms with van der Waals surface area (Å²) < 4.78 is 41.0. The van der Waals surface area contributed by atoms with Crippen LogP contribution in [0.4, 0.5) is 24.8 Å². The van der Waals surface area contributed by atoms with Gasteiger partial charge in [-0.3, -0.25) is 4.98 Å². The molecule has 4 rings (SSSR count). The van der Waals surface area contributed by atoms with Crippen LogP contribution in [0.1, 0.15) is 35.1 Å². The molecule has 10 heteroatoms. The van der Waals surface area contributed by atoms with E-state index in [0.29, 0.717) is 31.1 Å². The first kappa shape index (κ1) is 21.1. The lowest BCUT2D eigenvalue weighted by atomic mass is 9.93. The molecule has 0 spiro atoms. The third-order valence-electron chi connectivity index (χ3n) is 5.48. The van der Waals surface area contributed by atoms with E-state index in [0.717, 1.165) is 24.0 Å². The second-order valence-corrected chi connectivity index (χ2v) is 7.86. The molecule has 3 heterocycles. The van der Waals surface area contributed by atoms with Crippen LogP contribution < -0.4 is 10.2 Å². The maximum atomic E-state index is 13.7. The van der Waals surface area contributed by atoms with Crippen LogP contribution in [0.3, 0.4) is 0 Å². The predicted octanol–water partition coefficient (Wildman–Crippen LogP) is 3.76. The maximum absolute atomic E-state index is 13.7. The van der Waals surface area contributed by atoms with Crippen molar-refractivity contribution in [1.82, 2.24) is 25.2 Å². The summed E-state index contributed by atoms with van der Waals surface area (Å²) in [4.78, 5) is 7.44. The summed E-state index contributed by atoms with van der Waals surface area (Å²) in [6.45, 7) is 2.68. The fraction of sp³-hybridized carbons (Fsp3) is 0.429. The van der Waals surface area contributed by atoms with Crippen molar-refractivity contribution in [2.75, 3.05) is 16.8 Å². The monoisotopic (exact) mass is 431 g/mol. The number of aromatic nitrogens is 5. The molecule has 0 bridgehead atoms. The summed E-state index contributed by atoms with van der Waals surface area (Å²) in [5.41, 5.74) is 2.14. The number of halogens is 3. The van der Waals surface area contributed by atoms with Gasteiger partial charge < -0.3 is 10.2 Å². The van der Waals surface area contributed by atoms with E-state index >= 15 is 0 Å². The third kappa shape index (κ3) is 4.95. The zero-order chi connectivity index (χ0) is 22.0. The van der Waals surface area contributed by atoms with Gasteiger partial charge in [-0.1, -0.05) is 11.2 Å². The highest BCUT2D eigenvalue weighted by Crippen LogP contribution is 2.38. The van der Waals surface area contributed by atoms with Crippen molar-refractivity contribution in [1.29, 1.82) is 0 Å². The Morgan fingerprint density at radius 2 is 1.97 bits per heavy atom. The van der Waals surface area contributed by atoms with Gasteiger partial charge in [0.25, 0.3) is 5.95 Å². The van der Waals surface area contributed by atoms with Crippen LogP contribution in [0.2, 0.25) is 0 Å². The molecule has 1 aromatic carbocycles. The van der Waals surface area contributed by atoms with E-state index in [1.807, 2.05) is 17.0 Å². The van der Waals surface area contributed by atoms with Gasteiger partial charge in [-0.05, 0) is 66.3 Å². The minimum atomic E-state index is -4.40. The first-order chi connectivity index (χ1) is 14.8. The number of aryl methyl sites for hydroxylation is 2. The Labute approximate surface area is 178 Å². The van der Waals surface area contributed by atoms with Gasteiger partial charge in [-0.15, -0.1) is 5.10 Å². The molecular weight excluding hydrogens is 407 g/mol. The fourth-order valence-corrected chi connectivity index (χ4v) is 4.06. The molecule has 1 atom stereocenters. The molecule has 0 saturated heterocycles. The second kappa shape index (κ2) is 8.52. The summed E-state index contributed by atoms with van der Waals surface area (Å²) >= 11 is 0. The van der Waals surface area contributed by atoms with Crippen LogP contribution in [0.5, 0.6) is 0 Å². The molecule has 1 N–H and O–H groups in total. The highest BCUT2D eigenvalue weighted by Gasteiger charge is 2.34. The van der Waals surface area contributed by atoms with E-state index < -0.39 is 11.7 Å². The molecule has 0 radical (unpaired) electrons. The van der Waals surface area contributed by atoms with Crippen LogP contribution in [-0.2, 0) is 26.2 Å². The standard InChI is InChI=1S/C21H24F3N7/c1-14-10-16-11-17(26-20-27-29-30(2)28-20)4-3-9-31(13-15-5-7-25-8-6-15)19(16)12-18(14)21(22,23)24/h5-8,10,12,17H,3-4,9,11,13H2,1-2H3,(H,26,28). The number of tetrazole rings is 1. The van der Waals surface area contributed by atoms with Gasteiger partial charge in [0.15, 0.2) is 0 Å².